The molecule has 0 atom stereocenters. The van der Waals surface area contributed by atoms with Gasteiger partial charge in [-0.2, -0.15) is 5.26 Å². The van der Waals surface area contributed by atoms with Gasteiger partial charge in [-0.1, -0.05) is 43.3 Å². The highest BCUT2D eigenvalue weighted by Gasteiger charge is 2.06. The summed E-state index contributed by atoms with van der Waals surface area (Å²) in [6, 6.07) is 16.8. The predicted molar refractivity (Wildman–Crippen MR) is 80.8 cm³/mol. The number of nitrogens with zero attached hydrogens (tertiary/aromatic N) is 1. The van der Waals surface area contributed by atoms with Crippen molar-refractivity contribution in [1.82, 2.24) is 0 Å². The minimum absolute atomic E-state index is 0.213. The zero-order valence-corrected chi connectivity index (χ0v) is 11.8. The van der Waals surface area contributed by atoms with E-state index in [4.69, 9.17) is 10.00 Å². The molecular weight excluding hydrogens is 264 g/mol. The van der Waals surface area contributed by atoms with E-state index in [1.54, 1.807) is 12.1 Å². The van der Waals surface area contributed by atoms with E-state index in [0.29, 0.717) is 11.3 Å². The molecule has 0 bridgehead atoms. The number of hydrogen-bond acceptors (Lipinski definition) is 3. The zero-order chi connectivity index (χ0) is 15.1. The van der Waals surface area contributed by atoms with Crippen molar-refractivity contribution in [2.75, 3.05) is 5.32 Å². The highest BCUT2D eigenvalue weighted by Crippen LogP contribution is 2.16. The van der Waals surface area contributed by atoms with Crippen molar-refractivity contribution in [3.05, 3.63) is 65.2 Å². The van der Waals surface area contributed by atoms with Crippen molar-refractivity contribution < 1.29 is 9.53 Å². The number of benzene rings is 2. The molecule has 2 aromatic rings. The Labute approximate surface area is 124 Å². The number of nitrogens with one attached hydrogen (secondary N) is 1. The van der Waals surface area contributed by atoms with E-state index >= 15 is 0 Å². The summed E-state index contributed by atoms with van der Waals surface area (Å²) in [5, 5.41) is 11.7. The lowest BCUT2D eigenvalue weighted by Crippen LogP contribution is -2.13. The van der Waals surface area contributed by atoms with Gasteiger partial charge in [-0.3, -0.25) is 5.32 Å². The standard InChI is InChI=1S/C17H16N2O2/c1-2-14-8-9-16(10-15(14)11-18)19-17(20)21-12-13-6-4-3-5-7-13/h3-10H,2,12H2,1H3,(H,19,20). The van der Waals surface area contributed by atoms with Crippen molar-refractivity contribution in [3.8, 4) is 6.07 Å². The minimum atomic E-state index is -0.535. The highest BCUT2D eigenvalue weighted by atomic mass is 16.5. The third kappa shape index (κ3) is 4.08. The topological polar surface area (TPSA) is 62.1 Å². The minimum Gasteiger partial charge on any atom is -0.444 e. The van der Waals surface area contributed by atoms with Gasteiger partial charge in [-0.25, -0.2) is 4.79 Å². The molecule has 4 nitrogen and oxygen atoms in total. The van der Waals surface area contributed by atoms with Gasteiger partial charge in [-0.05, 0) is 29.7 Å². The number of amides is 1. The lowest BCUT2D eigenvalue weighted by Gasteiger charge is -2.08. The van der Waals surface area contributed by atoms with Crippen molar-refractivity contribution in [2.24, 2.45) is 0 Å². The third-order valence-electron chi connectivity index (χ3n) is 3.07. The van der Waals surface area contributed by atoms with Crippen molar-refractivity contribution in [2.45, 2.75) is 20.0 Å². The summed E-state index contributed by atoms with van der Waals surface area (Å²) in [6.07, 6.45) is 0.244. The molecule has 21 heavy (non-hydrogen) atoms. The molecule has 2 aromatic carbocycles. The fraction of sp³-hybridized carbons (Fsp3) is 0.176. The summed E-state index contributed by atoms with van der Waals surface area (Å²) < 4.78 is 5.13. The van der Waals surface area contributed by atoms with E-state index in [-0.39, 0.29) is 6.61 Å². The van der Waals surface area contributed by atoms with Gasteiger partial charge in [0.2, 0.25) is 0 Å². The molecule has 0 aliphatic heterocycles. The van der Waals surface area contributed by atoms with Crippen LogP contribution in [0.4, 0.5) is 10.5 Å². The van der Waals surface area contributed by atoms with Crippen molar-refractivity contribution in [3.63, 3.8) is 0 Å². The van der Waals surface area contributed by atoms with Crippen LogP contribution < -0.4 is 5.32 Å². The average Bonchev–Trinajstić information content (AvgIpc) is 2.53. The predicted octanol–water partition coefficient (Wildman–Crippen LogP) is 3.87. The molecule has 4 heteroatoms. The van der Waals surface area contributed by atoms with Gasteiger partial charge in [0.05, 0.1) is 11.6 Å². The van der Waals surface area contributed by atoms with Gasteiger partial charge in [0.1, 0.15) is 6.61 Å². The van der Waals surface area contributed by atoms with Crippen LogP contribution in [0, 0.1) is 11.3 Å². The van der Waals surface area contributed by atoms with Crippen LogP contribution in [0.25, 0.3) is 0 Å². The van der Waals surface area contributed by atoms with E-state index in [1.807, 2.05) is 43.3 Å². The van der Waals surface area contributed by atoms with Gasteiger partial charge >= 0.3 is 6.09 Å². The molecule has 0 saturated heterocycles. The Morgan fingerprint density at radius 3 is 2.67 bits per heavy atom. The highest BCUT2D eigenvalue weighted by molar-refractivity contribution is 5.84. The molecule has 106 valence electrons. The molecule has 0 unspecified atom stereocenters. The number of carbonyl (C=O) groups is 1. The van der Waals surface area contributed by atoms with E-state index in [0.717, 1.165) is 17.5 Å². The maximum atomic E-state index is 11.7. The first-order valence-electron chi connectivity index (χ1n) is 6.73. The quantitative estimate of drug-likeness (QED) is 0.924. The van der Waals surface area contributed by atoms with Gasteiger partial charge in [-0.15, -0.1) is 0 Å². The average molecular weight is 280 g/mol. The first kappa shape index (κ1) is 14.6. The summed E-state index contributed by atoms with van der Waals surface area (Å²) in [6.45, 7) is 2.20. The number of hydrogen-bond donors (Lipinski definition) is 1. The number of carbonyl (C=O) groups excluding carboxylic acids is 1. The first-order chi connectivity index (χ1) is 10.2. The summed E-state index contributed by atoms with van der Waals surface area (Å²) in [5.41, 5.74) is 3.01. The van der Waals surface area contributed by atoms with E-state index < -0.39 is 6.09 Å². The fourth-order valence-corrected chi connectivity index (χ4v) is 1.94. The van der Waals surface area contributed by atoms with Gasteiger partial charge < -0.3 is 4.74 Å². The van der Waals surface area contributed by atoms with Crippen molar-refractivity contribution in [1.29, 1.82) is 5.26 Å². The molecule has 0 spiro atoms. The van der Waals surface area contributed by atoms with Crippen LogP contribution in [-0.2, 0) is 17.8 Å². The van der Waals surface area contributed by atoms with Crippen LogP contribution in [0.15, 0.2) is 48.5 Å². The number of anilines is 1. The second-order valence-corrected chi connectivity index (χ2v) is 4.52. The van der Waals surface area contributed by atoms with Crippen molar-refractivity contribution >= 4 is 11.8 Å². The van der Waals surface area contributed by atoms with Crippen LogP contribution in [0.2, 0.25) is 0 Å². The second-order valence-electron chi connectivity index (χ2n) is 4.52. The smallest absolute Gasteiger partial charge is 0.411 e. The molecule has 0 aliphatic carbocycles. The monoisotopic (exact) mass is 280 g/mol. The number of ether oxygens (including phenoxy) is 1. The number of aryl methyl sites for hydroxylation is 1. The Hall–Kier alpha value is -2.80. The number of rotatable bonds is 4. The van der Waals surface area contributed by atoms with Crippen LogP contribution in [0.1, 0.15) is 23.6 Å². The van der Waals surface area contributed by atoms with E-state index in [1.165, 1.54) is 0 Å². The number of nitriles is 1. The molecule has 1 N–H and O–H groups in total. The molecule has 2 rings (SSSR count). The third-order valence-corrected chi connectivity index (χ3v) is 3.07. The van der Waals surface area contributed by atoms with Crippen LogP contribution >= 0.6 is 0 Å². The first-order valence-corrected chi connectivity index (χ1v) is 6.73. The van der Waals surface area contributed by atoms with Crippen LogP contribution in [-0.4, -0.2) is 6.09 Å². The summed E-state index contributed by atoms with van der Waals surface area (Å²) >= 11 is 0. The SMILES string of the molecule is CCc1ccc(NC(=O)OCc2ccccc2)cc1C#N. The molecule has 0 saturated carbocycles. The normalized spacial score (nSPS) is 9.71. The fourth-order valence-electron chi connectivity index (χ4n) is 1.94. The molecule has 0 radical (unpaired) electrons. The second kappa shape index (κ2) is 7.11. The van der Waals surface area contributed by atoms with Gasteiger partial charge in [0.15, 0.2) is 0 Å². The summed E-state index contributed by atoms with van der Waals surface area (Å²) in [4.78, 5) is 11.7. The Bertz CT molecular complexity index is 660. The summed E-state index contributed by atoms with van der Waals surface area (Å²) in [7, 11) is 0. The molecule has 1 amide bonds. The zero-order valence-electron chi connectivity index (χ0n) is 11.8. The molecule has 0 aliphatic rings. The molecular formula is C17H16N2O2. The Balaban J connectivity index is 1.95. The van der Waals surface area contributed by atoms with Crippen LogP contribution in [0.3, 0.4) is 0 Å². The molecule has 0 fully saturated rings. The van der Waals surface area contributed by atoms with Gasteiger partial charge in [0.25, 0.3) is 0 Å². The van der Waals surface area contributed by atoms with Gasteiger partial charge in [0, 0.05) is 5.69 Å². The largest absolute Gasteiger partial charge is 0.444 e. The lowest BCUT2D eigenvalue weighted by atomic mass is 10.1. The van der Waals surface area contributed by atoms with E-state index in [2.05, 4.69) is 11.4 Å². The van der Waals surface area contributed by atoms with Crippen LogP contribution in [0.5, 0.6) is 0 Å². The Kier molecular flexibility index (Phi) is 4.94. The maximum absolute atomic E-state index is 11.7. The Morgan fingerprint density at radius 1 is 1.24 bits per heavy atom. The maximum Gasteiger partial charge on any atom is 0.411 e. The summed E-state index contributed by atoms with van der Waals surface area (Å²) in [5.74, 6) is 0. The Morgan fingerprint density at radius 2 is 2.00 bits per heavy atom. The van der Waals surface area contributed by atoms with E-state index in [9.17, 15) is 4.79 Å². The molecule has 0 aromatic heterocycles. The molecule has 0 heterocycles. The lowest BCUT2D eigenvalue weighted by molar-refractivity contribution is 0.155.